The van der Waals surface area contributed by atoms with E-state index < -0.39 is 19.7 Å². The summed E-state index contributed by atoms with van der Waals surface area (Å²) >= 11 is 2.48. The summed E-state index contributed by atoms with van der Waals surface area (Å²) in [5.41, 5.74) is -0.680. The van der Waals surface area contributed by atoms with Crippen LogP contribution < -0.4 is 0 Å². The summed E-state index contributed by atoms with van der Waals surface area (Å²) in [7, 11) is -1.90. The van der Waals surface area contributed by atoms with Crippen LogP contribution in [0.4, 0.5) is 0 Å². The number of hydrogen-bond donors (Lipinski definition) is 0. The minimum absolute atomic E-state index is 0.0381. The highest BCUT2D eigenvalue weighted by Gasteiger charge is 2.56. The fourth-order valence-corrected chi connectivity index (χ4v) is 5.95. The first-order chi connectivity index (χ1) is 12.1. The molecule has 0 bridgehead atoms. The molecule has 0 unspecified atom stereocenters. The molecule has 27 heavy (non-hydrogen) atoms. The zero-order chi connectivity index (χ0) is 20.9. The Bertz CT molecular complexity index is 533. The van der Waals surface area contributed by atoms with Gasteiger partial charge in [-0.05, 0) is 64.6 Å². The van der Waals surface area contributed by atoms with E-state index >= 15 is 0 Å². The zero-order valence-corrected chi connectivity index (χ0v) is 22.2. The highest BCUT2D eigenvalue weighted by atomic mass is 127. The van der Waals surface area contributed by atoms with Gasteiger partial charge in [0.05, 0.1) is 24.4 Å². The molecule has 0 N–H and O–H groups in total. The molecule has 0 amide bonds. The minimum Gasteiger partial charge on any atom is -0.411 e. The number of alkyl halides is 1. The second kappa shape index (κ2) is 7.80. The molecule has 0 aliphatic carbocycles. The molecular weight excluding hydrogens is 471 g/mol. The van der Waals surface area contributed by atoms with Crippen molar-refractivity contribution in [2.45, 2.75) is 116 Å². The molecule has 4 nitrogen and oxygen atoms in total. The van der Waals surface area contributed by atoms with Crippen LogP contribution in [0.25, 0.3) is 0 Å². The Morgan fingerprint density at radius 2 is 1.78 bits per heavy atom. The molecule has 0 aromatic rings. The Morgan fingerprint density at radius 1 is 1.19 bits per heavy atom. The molecule has 2 fully saturated rings. The van der Waals surface area contributed by atoms with E-state index in [0.717, 1.165) is 17.3 Å². The van der Waals surface area contributed by atoms with Crippen molar-refractivity contribution in [1.29, 1.82) is 0 Å². The smallest absolute Gasteiger partial charge is 0.192 e. The zero-order valence-electron chi connectivity index (χ0n) is 19.1. The molecule has 0 saturated carbocycles. The molecule has 0 aromatic carbocycles. The van der Waals surface area contributed by atoms with Gasteiger partial charge in [-0.15, -0.1) is 0 Å². The van der Waals surface area contributed by atoms with Gasteiger partial charge in [0.1, 0.15) is 5.60 Å². The maximum Gasteiger partial charge on any atom is 0.192 e. The van der Waals surface area contributed by atoms with E-state index in [2.05, 4.69) is 77.2 Å². The van der Waals surface area contributed by atoms with Crippen LogP contribution in [-0.2, 0) is 18.6 Å². The van der Waals surface area contributed by atoms with Crippen molar-refractivity contribution in [3.05, 3.63) is 0 Å². The van der Waals surface area contributed by atoms with Crippen molar-refractivity contribution >= 4 is 30.9 Å². The van der Waals surface area contributed by atoms with Crippen molar-refractivity contribution in [2.75, 3.05) is 11.0 Å². The molecule has 0 aromatic heterocycles. The summed E-state index contributed by atoms with van der Waals surface area (Å²) in [5, 5.41) is 0.184. The first-order valence-corrected chi connectivity index (χ1v) is 14.7. The molecule has 2 heterocycles. The van der Waals surface area contributed by atoms with Crippen LogP contribution in [0.3, 0.4) is 0 Å². The van der Waals surface area contributed by atoms with Gasteiger partial charge in [-0.25, -0.2) is 0 Å². The van der Waals surface area contributed by atoms with Crippen LogP contribution in [-0.4, -0.2) is 48.5 Å². The average Bonchev–Trinajstić information content (AvgIpc) is 3.05. The second-order valence-corrected chi connectivity index (χ2v) is 16.6. The third-order valence-corrected chi connectivity index (χ3v) is 12.6. The lowest BCUT2D eigenvalue weighted by atomic mass is 9.87. The van der Waals surface area contributed by atoms with E-state index in [1.165, 1.54) is 0 Å². The van der Waals surface area contributed by atoms with Gasteiger partial charge in [0.15, 0.2) is 14.1 Å². The van der Waals surface area contributed by atoms with Crippen LogP contribution in [0, 0.1) is 5.92 Å². The third kappa shape index (κ3) is 5.10. The van der Waals surface area contributed by atoms with Gasteiger partial charge in [-0.2, -0.15) is 0 Å². The summed E-state index contributed by atoms with van der Waals surface area (Å²) in [6, 6.07) is 0. The fourth-order valence-electron chi connectivity index (χ4n) is 4.01. The van der Waals surface area contributed by atoms with Crippen molar-refractivity contribution in [3.63, 3.8) is 0 Å². The van der Waals surface area contributed by atoms with Gasteiger partial charge in [0, 0.05) is 4.43 Å². The Kier molecular flexibility index (Phi) is 6.95. The van der Waals surface area contributed by atoms with E-state index in [-0.39, 0.29) is 22.8 Å². The minimum atomic E-state index is -1.90. The predicted octanol–water partition coefficient (Wildman–Crippen LogP) is 5.93. The molecule has 2 saturated heterocycles. The lowest BCUT2D eigenvalue weighted by molar-refractivity contribution is -0.202. The van der Waals surface area contributed by atoms with Gasteiger partial charge in [0.25, 0.3) is 0 Å². The van der Waals surface area contributed by atoms with Crippen LogP contribution >= 0.6 is 22.6 Å². The summed E-state index contributed by atoms with van der Waals surface area (Å²) in [6.07, 6.45) is 2.12. The Labute approximate surface area is 181 Å². The van der Waals surface area contributed by atoms with Crippen molar-refractivity contribution < 1.29 is 18.6 Å². The molecule has 0 radical (unpaired) electrons. The summed E-state index contributed by atoms with van der Waals surface area (Å²) in [5.74, 6) is -0.0997. The first-order valence-electron chi connectivity index (χ1n) is 10.3. The number of halogens is 1. The number of hydrogen-bond acceptors (Lipinski definition) is 4. The van der Waals surface area contributed by atoms with Gasteiger partial charge in [0.2, 0.25) is 0 Å². The molecule has 6 heteroatoms. The van der Waals surface area contributed by atoms with E-state index in [4.69, 9.17) is 18.6 Å². The van der Waals surface area contributed by atoms with Gasteiger partial charge in [-0.3, -0.25) is 0 Å². The molecule has 2 aliphatic rings. The lowest BCUT2D eigenvalue weighted by Crippen LogP contribution is -2.55. The lowest BCUT2D eigenvalue weighted by Gasteiger charge is -2.46. The summed E-state index contributed by atoms with van der Waals surface area (Å²) < 4.78 is 26.9. The Hall–Kier alpha value is 0.787. The Morgan fingerprint density at radius 3 is 2.22 bits per heavy atom. The normalized spacial score (nSPS) is 36.8. The monoisotopic (exact) mass is 512 g/mol. The quantitative estimate of drug-likeness (QED) is 0.251. The van der Waals surface area contributed by atoms with E-state index in [1.54, 1.807) is 0 Å². The van der Waals surface area contributed by atoms with E-state index in [0.29, 0.717) is 12.5 Å². The van der Waals surface area contributed by atoms with E-state index in [1.807, 2.05) is 13.8 Å². The molecular formula is C21H41IO4Si. The van der Waals surface area contributed by atoms with Crippen molar-refractivity contribution in [3.8, 4) is 0 Å². The van der Waals surface area contributed by atoms with Crippen LogP contribution in [0.5, 0.6) is 0 Å². The molecule has 5 atom stereocenters. The summed E-state index contributed by atoms with van der Waals surface area (Å²) in [4.78, 5) is 0. The van der Waals surface area contributed by atoms with Crippen LogP contribution in [0.15, 0.2) is 0 Å². The maximum atomic E-state index is 6.96. The highest BCUT2D eigenvalue weighted by molar-refractivity contribution is 14.1. The van der Waals surface area contributed by atoms with Crippen molar-refractivity contribution in [2.24, 2.45) is 5.92 Å². The van der Waals surface area contributed by atoms with Gasteiger partial charge < -0.3 is 18.6 Å². The van der Waals surface area contributed by atoms with E-state index in [9.17, 15) is 0 Å². The molecule has 160 valence electrons. The predicted molar refractivity (Wildman–Crippen MR) is 122 cm³/mol. The summed E-state index contributed by atoms with van der Waals surface area (Å²) in [6.45, 7) is 22.8. The fraction of sp³-hybridized carbons (Fsp3) is 1.00. The van der Waals surface area contributed by atoms with Crippen molar-refractivity contribution in [1.82, 2.24) is 0 Å². The Balaban J connectivity index is 2.21. The molecule has 2 rings (SSSR count). The molecule has 0 spiro atoms. The topological polar surface area (TPSA) is 36.9 Å². The third-order valence-electron chi connectivity index (χ3n) is 6.77. The van der Waals surface area contributed by atoms with Crippen LogP contribution in [0.2, 0.25) is 18.1 Å². The number of ether oxygens (including phenoxy) is 3. The van der Waals surface area contributed by atoms with Crippen LogP contribution in [0.1, 0.15) is 68.2 Å². The highest BCUT2D eigenvalue weighted by Crippen LogP contribution is 2.47. The largest absolute Gasteiger partial charge is 0.411 e. The standard InChI is InChI=1S/C21H41IO4Si/c1-15(13-22)17(25-27(9,10)18(2,3)4)20(7)12-11-16(24-20)21(8)14-23-19(5,6)26-21/h15-17H,11-14H2,1-10H3/t15-,16+,17+,20-,21-/m0/s1. The number of rotatable bonds is 6. The van der Waals surface area contributed by atoms with Gasteiger partial charge in [-0.1, -0.05) is 50.3 Å². The van der Waals surface area contributed by atoms with Gasteiger partial charge >= 0.3 is 0 Å². The second-order valence-electron chi connectivity index (χ2n) is 11.0. The first kappa shape index (κ1) is 24.1. The SMILES string of the molecule is C[C@@H](CI)[C@@H](O[Si](C)(C)C(C)(C)C)[C@]1(C)CC[C@H]([C@]2(C)COC(C)(C)O2)O1. The maximum absolute atomic E-state index is 6.96. The molecule has 2 aliphatic heterocycles. The average molecular weight is 513 g/mol.